The molecule has 1 aromatic heterocycles. The molecule has 2 unspecified atom stereocenters. The Bertz CT molecular complexity index is 1470. The van der Waals surface area contributed by atoms with Crippen molar-refractivity contribution in [3.63, 3.8) is 0 Å². The van der Waals surface area contributed by atoms with Crippen LogP contribution in [-0.4, -0.2) is 63.5 Å². The maximum atomic E-state index is 13.7. The fourth-order valence-corrected chi connectivity index (χ4v) is 5.64. The molecule has 13 heteroatoms. The van der Waals surface area contributed by atoms with Crippen LogP contribution in [0.3, 0.4) is 0 Å². The molecular weight excluding hydrogens is 568 g/mol. The Morgan fingerprint density at radius 3 is 2.55 bits per heavy atom. The molecule has 2 amide bonds. The van der Waals surface area contributed by atoms with Gasteiger partial charge in [-0.25, -0.2) is 18.0 Å². The summed E-state index contributed by atoms with van der Waals surface area (Å²) in [5.74, 6) is -2.64. The molecule has 1 aromatic carbocycles. The third kappa shape index (κ3) is 5.51. The number of allylic oxidation sites excluding steroid dienone is 3. The van der Waals surface area contributed by atoms with E-state index < -0.39 is 61.1 Å². The molecule has 2 aromatic rings. The number of halogens is 6. The SMILES string of the molecule is CC(N(Cc1ccc(F)cc1)C(=O)CN1C[C@]2(CCC3C(=O)C(c4cncc(C(F)F)c4)=CC=C32)OC1=O)C(F)(F)F. The lowest BCUT2D eigenvalue weighted by molar-refractivity contribution is -0.187. The van der Waals surface area contributed by atoms with Crippen LogP contribution in [0.5, 0.6) is 0 Å². The van der Waals surface area contributed by atoms with Crippen molar-refractivity contribution in [2.24, 2.45) is 5.92 Å². The predicted molar refractivity (Wildman–Crippen MR) is 136 cm³/mol. The van der Waals surface area contributed by atoms with Gasteiger partial charge in [-0.3, -0.25) is 19.5 Å². The number of alkyl halides is 5. The van der Waals surface area contributed by atoms with Crippen LogP contribution < -0.4 is 0 Å². The molecule has 2 fully saturated rings. The van der Waals surface area contributed by atoms with Crippen LogP contribution in [0.1, 0.15) is 42.9 Å². The number of aromatic nitrogens is 1. The molecule has 1 saturated heterocycles. The lowest BCUT2D eigenvalue weighted by Gasteiger charge is -2.32. The van der Waals surface area contributed by atoms with Gasteiger partial charge in [-0.2, -0.15) is 13.2 Å². The standard InChI is InChI=1S/C29H25F6N3O4/c1-16(29(33,34)35)38(13-17-2-4-20(30)5-3-17)24(39)14-37-15-28(42-27(37)41)9-8-22-23(28)7-6-21(25(22)40)18-10-19(26(31)32)12-36-11-18/h2-7,10-12,16,22,26H,8-9,13-15H2,1H3/t16?,22?,28-/m0/s1. The number of ketones is 1. The van der Waals surface area contributed by atoms with Crippen molar-refractivity contribution < 1.29 is 45.5 Å². The van der Waals surface area contributed by atoms with Crippen molar-refractivity contribution in [3.05, 3.63) is 83.0 Å². The summed E-state index contributed by atoms with van der Waals surface area (Å²) in [5.41, 5.74) is -0.445. The van der Waals surface area contributed by atoms with E-state index in [1.165, 1.54) is 30.5 Å². The highest BCUT2D eigenvalue weighted by Gasteiger charge is 2.56. The first-order chi connectivity index (χ1) is 19.8. The molecule has 3 aliphatic rings. The molecule has 2 aliphatic carbocycles. The predicted octanol–water partition coefficient (Wildman–Crippen LogP) is 5.63. The second kappa shape index (κ2) is 10.9. The van der Waals surface area contributed by atoms with Crippen molar-refractivity contribution >= 4 is 23.4 Å². The Hall–Kier alpha value is -4.16. The van der Waals surface area contributed by atoms with Crippen molar-refractivity contribution in [1.29, 1.82) is 0 Å². The van der Waals surface area contributed by atoms with Crippen LogP contribution in [0.4, 0.5) is 31.1 Å². The highest BCUT2D eigenvalue weighted by Crippen LogP contribution is 2.49. The molecule has 2 heterocycles. The monoisotopic (exact) mass is 593 g/mol. The summed E-state index contributed by atoms with van der Waals surface area (Å²) in [6, 6.07) is 3.67. The van der Waals surface area contributed by atoms with Gasteiger partial charge in [0.05, 0.1) is 6.54 Å². The number of carbonyl (C=O) groups excluding carboxylic acids is 3. The Morgan fingerprint density at radius 2 is 1.88 bits per heavy atom. The smallest absolute Gasteiger partial charge is 0.411 e. The Labute approximate surface area is 236 Å². The highest BCUT2D eigenvalue weighted by atomic mass is 19.4. The molecular formula is C29H25F6N3O4. The zero-order valence-electron chi connectivity index (χ0n) is 22.2. The van der Waals surface area contributed by atoms with Gasteiger partial charge in [0.2, 0.25) is 5.91 Å². The minimum Gasteiger partial charge on any atom is -0.436 e. The number of Topliss-reactive ketones (excluding diaryl/α,β-unsaturated/α-hetero) is 1. The van der Waals surface area contributed by atoms with Crippen molar-refractivity contribution in [1.82, 2.24) is 14.8 Å². The van der Waals surface area contributed by atoms with Crippen molar-refractivity contribution in [2.75, 3.05) is 13.1 Å². The van der Waals surface area contributed by atoms with E-state index in [9.17, 15) is 40.7 Å². The molecule has 0 radical (unpaired) electrons. The summed E-state index contributed by atoms with van der Waals surface area (Å²) in [6.07, 6.45) is -2.58. The lowest BCUT2D eigenvalue weighted by Crippen LogP contribution is -2.50. The minimum atomic E-state index is -4.76. The average molecular weight is 594 g/mol. The Morgan fingerprint density at radius 1 is 1.17 bits per heavy atom. The number of hydrogen-bond donors (Lipinski definition) is 0. The van der Waals surface area contributed by atoms with E-state index >= 15 is 0 Å². The summed E-state index contributed by atoms with van der Waals surface area (Å²) in [4.78, 5) is 44.8. The third-order valence-electron chi connectivity index (χ3n) is 7.91. The van der Waals surface area contributed by atoms with E-state index in [2.05, 4.69) is 4.98 Å². The van der Waals surface area contributed by atoms with Gasteiger partial charge in [-0.05, 0) is 49.1 Å². The third-order valence-corrected chi connectivity index (χ3v) is 7.91. The van der Waals surface area contributed by atoms with Gasteiger partial charge < -0.3 is 9.64 Å². The molecule has 1 saturated carbocycles. The zero-order chi connectivity index (χ0) is 30.4. The minimum absolute atomic E-state index is 0.163. The van der Waals surface area contributed by atoms with E-state index in [1.807, 2.05) is 0 Å². The Balaban J connectivity index is 1.36. The molecule has 0 bridgehead atoms. The van der Waals surface area contributed by atoms with E-state index in [1.54, 1.807) is 6.08 Å². The number of fused-ring (bicyclic) bond motifs is 2. The number of ether oxygens (including phenoxy) is 1. The normalized spacial score (nSPS) is 22.7. The van der Waals surface area contributed by atoms with E-state index in [4.69, 9.17) is 4.74 Å². The number of rotatable bonds is 7. The largest absolute Gasteiger partial charge is 0.436 e. The summed E-state index contributed by atoms with van der Waals surface area (Å²) in [7, 11) is 0. The Kier molecular flexibility index (Phi) is 7.62. The van der Waals surface area contributed by atoms with Crippen molar-refractivity contribution in [3.8, 4) is 0 Å². The second-order valence-corrected chi connectivity index (χ2v) is 10.5. The first-order valence-electron chi connectivity index (χ1n) is 13.1. The number of pyridine rings is 1. The van der Waals surface area contributed by atoms with E-state index in [0.717, 1.165) is 30.2 Å². The number of amides is 2. The first-order valence-corrected chi connectivity index (χ1v) is 13.1. The van der Waals surface area contributed by atoms with E-state index in [-0.39, 0.29) is 47.4 Å². The maximum Gasteiger partial charge on any atom is 0.411 e. The molecule has 5 rings (SSSR count). The summed E-state index contributed by atoms with van der Waals surface area (Å²) in [6.45, 7) is -0.517. The molecule has 3 atom stereocenters. The van der Waals surface area contributed by atoms with Crippen LogP contribution in [0.15, 0.2) is 60.5 Å². The van der Waals surface area contributed by atoms with Gasteiger partial charge in [0.1, 0.15) is 18.4 Å². The highest BCUT2D eigenvalue weighted by molar-refractivity contribution is 6.24. The van der Waals surface area contributed by atoms with Gasteiger partial charge >= 0.3 is 12.3 Å². The van der Waals surface area contributed by atoms with Gasteiger partial charge in [0.15, 0.2) is 11.4 Å². The topological polar surface area (TPSA) is 79.8 Å². The number of carbonyl (C=O) groups is 3. The van der Waals surface area contributed by atoms with E-state index in [0.29, 0.717) is 10.5 Å². The number of benzene rings is 1. The fraction of sp³-hybridized carbons (Fsp3) is 0.379. The average Bonchev–Trinajstić information content (AvgIpc) is 3.46. The van der Waals surface area contributed by atoms with Crippen LogP contribution in [0.2, 0.25) is 0 Å². The van der Waals surface area contributed by atoms with Gasteiger partial charge in [-0.1, -0.05) is 24.3 Å². The fourth-order valence-electron chi connectivity index (χ4n) is 5.64. The molecule has 1 aliphatic heterocycles. The van der Waals surface area contributed by atoms with Crippen LogP contribution in [0.25, 0.3) is 5.57 Å². The van der Waals surface area contributed by atoms with Gasteiger partial charge in [0.25, 0.3) is 6.43 Å². The summed E-state index contributed by atoms with van der Waals surface area (Å²) < 4.78 is 86.2. The lowest BCUT2D eigenvalue weighted by atomic mass is 9.81. The quantitative estimate of drug-likeness (QED) is 0.389. The van der Waals surface area contributed by atoms with Gasteiger partial charge in [-0.15, -0.1) is 0 Å². The van der Waals surface area contributed by atoms with Crippen LogP contribution >= 0.6 is 0 Å². The first kappa shape index (κ1) is 29.3. The second-order valence-electron chi connectivity index (χ2n) is 10.5. The zero-order valence-corrected chi connectivity index (χ0v) is 22.2. The number of nitrogens with zero attached hydrogens (tertiary/aromatic N) is 3. The summed E-state index contributed by atoms with van der Waals surface area (Å²) >= 11 is 0. The summed E-state index contributed by atoms with van der Waals surface area (Å²) in [5, 5.41) is 0. The van der Waals surface area contributed by atoms with Crippen LogP contribution in [-0.2, 0) is 20.9 Å². The molecule has 42 heavy (non-hydrogen) atoms. The molecule has 7 nitrogen and oxygen atoms in total. The molecule has 0 N–H and O–H groups in total. The van der Waals surface area contributed by atoms with Crippen molar-refractivity contribution in [2.45, 2.75) is 50.6 Å². The molecule has 1 spiro atoms. The van der Waals surface area contributed by atoms with Crippen LogP contribution in [0, 0.1) is 11.7 Å². The number of hydrogen-bond acceptors (Lipinski definition) is 5. The maximum absolute atomic E-state index is 13.7. The molecule has 222 valence electrons. The van der Waals surface area contributed by atoms with Gasteiger partial charge in [0, 0.05) is 41.6 Å².